The van der Waals surface area contributed by atoms with Gasteiger partial charge < -0.3 is 15.2 Å². The first kappa shape index (κ1) is 17.8. The lowest BCUT2D eigenvalue weighted by molar-refractivity contribution is -0.143. The molecule has 0 aliphatic rings. The van der Waals surface area contributed by atoms with Crippen molar-refractivity contribution in [1.82, 2.24) is 15.1 Å². The number of para-hydroxylation sites is 1. The van der Waals surface area contributed by atoms with E-state index in [4.69, 9.17) is 0 Å². The van der Waals surface area contributed by atoms with E-state index in [0.29, 0.717) is 11.3 Å². The number of rotatable bonds is 6. The normalized spacial score (nSPS) is 11.8. The summed E-state index contributed by atoms with van der Waals surface area (Å²) in [4.78, 5) is 25.2. The van der Waals surface area contributed by atoms with Crippen molar-refractivity contribution in [2.45, 2.75) is 6.04 Å². The highest BCUT2D eigenvalue weighted by Crippen LogP contribution is 2.27. The molecule has 0 unspecified atom stereocenters. The van der Waals surface area contributed by atoms with E-state index in [1.807, 2.05) is 47.8 Å². The lowest BCUT2D eigenvalue weighted by Crippen LogP contribution is -2.44. The second-order valence-corrected chi connectivity index (χ2v) is 6.33. The Morgan fingerprint density at radius 2 is 2.04 bits per heavy atom. The maximum absolute atomic E-state index is 12.7. The van der Waals surface area contributed by atoms with Crippen molar-refractivity contribution in [2.24, 2.45) is 0 Å². The topological polar surface area (TPSA) is 93.5 Å². The monoisotopic (exact) mass is 371 g/mol. The number of ether oxygens (including phenoxy) is 1. The first-order chi connectivity index (χ1) is 12.6. The van der Waals surface area contributed by atoms with Gasteiger partial charge in [-0.15, -0.1) is 11.3 Å². The van der Waals surface area contributed by atoms with Gasteiger partial charge in [0.2, 0.25) is 0 Å². The number of thiophene rings is 1. The van der Waals surface area contributed by atoms with Gasteiger partial charge in [-0.1, -0.05) is 24.3 Å². The van der Waals surface area contributed by atoms with Gasteiger partial charge in [-0.25, -0.2) is 9.48 Å². The predicted octanol–water partition coefficient (Wildman–Crippen LogP) is 1.86. The molecule has 3 aromatic rings. The lowest BCUT2D eigenvalue weighted by Gasteiger charge is -2.13. The minimum absolute atomic E-state index is 0.304. The van der Waals surface area contributed by atoms with Gasteiger partial charge in [-0.05, 0) is 23.6 Å². The van der Waals surface area contributed by atoms with Gasteiger partial charge in [0.05, 0.1) is 29.8 Å². The fourth-order valence-electron chi connectivity index (χ4n) is 2.41. The minimum atomic E-state index is -1.14. The third-order valence-corrected chi connectivity index (χ3v) is 4.58. The van der Waals surface area contributed by atoms with Gasteiger partial charge in [-0.3, -0.25) is 4.79 Å². The first-order valence-corrected chi connectivity index (χ1v) is 8.70. The van der Waals surface area contributed by atoms with E-state index in [2.05, 4.69) is 15.2 Å². The van der Waals surface area contributed by atoms with Crippen molar-refractivity contribution in [1.29, 1.82) is 0 Å². The van der Waals surface area contributed by atoms with Crippen LogP contribution in [-0.2, 0) is 9.53 Å². The number of carbonyl (C=O) groups is 2. The SMILES string of the molecule is COC(=O)[C@@H](CO)NC(=O)c1cn(-c2ccccc2)nc1-c1cccs1. The number of carbonyl (C=O) groups excluding carboxylic acids is 2. The molecule has 0 spiro atoms. The van der Waals surface area contributed by atoms with Crippen LogP contribution >= 0.6 is 11.3 Å². The lowest BCUT2D eigenvalue weighted by atomic mass is 10.2. The number of amides is 1. The summed E-state index contributed by atoms with van der Waals surface area (Å²) in [6.07, 6.45) is 1.60. The van der Waals surface area contributed by atoms with Crippen LogP contribution in [0.5, 0.6) is 0 Å². The molecule has 0 bridgehead atoms. The maximum atomic E-state index is 12.7. The second kappa shape index (κ2) is 7.94. The number of aliphatic hydroxyl groups excluding tert-OH is 1. The van der Waals surface area contributed by atoms with Crippen LogP contribution in [0, 0.1) is 0 Å². The summed E-state index contributed by atoms with van der Waals surface area (Å²) >= 11 is 1.45. The van der Waals surface area contributed by atoms with E-state index in [1.165, 1.54) is 18.4 Å². The summed E-state index contributed by atoms with van der Waals surface area (Å²) in [5, 5.41) is 18.2. The molecule has 134 valence electrons. The number of aromatic nitrogens is 2. The van der Waals surface area contributed by atoms with Crippen molar-refractivity contribution in [3.8, 4) is 16.3 Å². The van der Waals surface area contributed by atoms with E-state index < -0.39 is 24.5 Å². The van der Waals surface area contributed by atoms with E-state index in [9.17, 15) is 14.7 Å². The first-order valence-electron chi connectivity index (χ1n) is 7.82. The highest BCUT2D eigenvalue weighted by molar-refractivity contribution is 7.13. The number of hydrogen-bond acceptors (Lipinski definition) is 6. The Kier molecular flexibility index (Phi) is 5.45. The van der Waals surface area contributed by atoms with Gasteiger partial charge in [-0.2, -0.15) is 5.10 Å². The summed E-state index contributed by atoms with van der Waals surface area (Å²) in [5.41, 5.74) is 1.61. The fraction of sp³-hybridized carbons (Fsp3) is 0.167. The van der Waals surface area contributed by atoms with Crippen LogP contribution in [-0.4, -0.2) is 46.5 Å². The van der Waals surface area contributed by atoms with Crippen LogP contribution in [0.4, 0.5) is 0 Å². The molecule has 0 saturated heterocycles. The zero-order valence-corrected chi connectivity index (χ0v) is 14.8. The highest BCUT2D eigenvalue weighted by Gasteiger charge is 2.25. The Morgan fingerprint density at radius 3 is 2.65 bits per heavy atom. The van der Waals surface area contributed by atoms with E-state index >= 15 is 0 Å². The molecule has 0 aliphatic heterocycles. The highest BCUT2D eigenvalue weighted by atomic mass is 32.1. The number of esters is 1. The molecule has 3 rings (SSSR count). The fourth-order valence-corrected chi connectivity index (χ4v) is 3.13. The van der Waals surface area contributed by atoms with Gasteiger partial charge in [0.1, 0.15) is 5.69 Å². The van der Waals surface area contributed by atoms with Gasteiger partial charge >= 0.3 is 5.97 Å². The average Bonchev–Trinajstić information content (AvgIpc) is 3.35. The number of benzene rings is 1. The zero-order valence-electron chi connectivity index (χ0n) is 14.0. The van der Waals surface area contributed by atoms with Crippen LogP contribution in [0.15, 0.2) is 54.0 Å². The van der Waals surface area contributed by atoms with Gasteiger partial charge in [0.15, 0.2) is 6.04 Å². The molecule has 8 heteroatoms. The number of aliphatic hydroxyl groups is 1. The maximum Gasteiger partial charge on any atom is 0.330 e. The molecule has 26 heavy (non-hydrogen) atoms. The molecular formula is C18H17N3O4S. The summed E-state index contributed by atoms with van der Waals surface area (Å²) in [5.74, 6) is -1.23. The van der Waals surface area contributed by atoms with Crippen molar-refractivity contribution >= 4 is 23.2 Å². The largest absolute Gasteiger partial charge is 0.467 e. The summed E-state index contributed by atoms with van der Waals surface area (Å²) in [6, 6.07) is 12.0. The van der Waals surface area contributed by atoms with Crippen LogP contribution in [0.1, 0.15) is 10.4 Å². The molecule has 2 N–H and O–H groups in total. The predicted molar refractivity (Wildman–Crippen MR) is 97.2 cm³/mol. The Bertz CT molecular complexity index is 891. The van der Waals surface area contributed by atoms with Crippen molar-refractivity contribution < 1.29 is 19.4 Å². The van der Waals surface area contributed by atoms with E-state index in [1.54, 1.807) is 10.9 Å². The van der Waals surface area contributed by atoms with Crippen LogP contribution in [0.25, 0.3) is 16.3 Å². The molecule has 7 nitrogen and oxygen atoms in total. The van der Waals surface area contributed by atoms with Gasteiger partial charge in [0.25, 0.3) is 5.91 Å². The van der Waals surface area contributed by atoms with E-state index in [-0.39, 0.29) is 0 Å². The second-order valence-electron chi connectivity index (χ2n) is 5.38. The van der Waals surface area contributed by atoms with Crippen molar-refractivity contribution in [2.75, 3.05) is 13.7 Å². The van der Waals surface area contributed by atoms with Crippen LogP contribution < -0.4 is 5.32 Å². The third kappa shape index (κ3) is 3.66. The smallest absolute Gasteiger partial charge is 0.330 e. The Morgan fingerprint density at radius 1 is 1.27 bits per heavy atom. The quantitative estimate of drug-likeness (QED) is 0.645. The van der Waals surface area contributed by atoms with Crippen LogP contribution in [0.2, 0.25) is 0 Å². The summed E-state index contributed by atoms with van der Waals surface area (Å²) in [6.45, 7) is -0.556. The molecule has 0 saturated carbocycles. The Hall–Kier alpha value is -2.97. The average molecular weight is 371 g/mol. The molecule has 2 heterocycles. The van der Waals surface area contributed by atoms with Gasteiger partial charge in [0, 0.05) is 6.20 Å². The molecule has 1 aromatic carbocycles. The number of nitrogens with one attached hydrogen (secondary N) is 1. The molecule has 0 radical (unpaired) electrons. The number of methoxy groups -OCH3 is 1. The zero-order chi connectivity index (χ0) is 18.5. The third-order valence-electron chi connectivity index (χ3n) is 3.71. The standard InChI is InChI=1S/C18H17N3O4S/c1-25-18(24)14(11-22)19-17(23)13-10-21(12-6-3-2-4-7-12)20-16(13)15-8-5-9-26-15/h2-10,14,22H,11H2,1H3,(H,19,23)/t14-/m1/s1. The summed E-state index contributed by atoms with van der Waals surface area (Å²) < 4.78 is 6.19. The molecule has 2 aromatic heterocycles. The van der Waals surface area contributed by atoms with E-state index in [0.717, 1.165) is 10.6 Å². The van der Waals surface area contributed by atoms with Crippen LogP contribution in [0.3, 0.4) is 0 Å². The van der Waals surface area contributed by atoms with Crippen molar-refractivity contribution in [3.05, 3.63) is 59.6 Å². The molecule has 1 amide bonds. The number of hydrogen-bond donors (Lipinski definition) is 2. The molecule has 0 fully saturated rings. The Balaban J connectivity index is 1.98. The Labute approximate surface area is 153 Å². The number of nitrogens with zero attached hydrogens (tertiary/aromatic N) is 2. The summed E-state index contributed by atoms with van der Waals surface area (Å²) in [7, 11) is 1.20. The molecular weight excluding hydrogens is 354 g/mol. The molecule has 0 aliphatic carbocycles. The molecule has 1 atom stereocenters. The minimum Gasteiger partial charge on any atom is -0.467 e. The van der Waals surface area contributed by atoms with Crippen molar-refractivity contribution in [3.63, 3.8) is 0 Å².